The molecule has 1 aromatic heterocycles. The molecule has 2 amide bonds. The summed E-state index contributed by atoms with van der Waals surface area (Å²) in [5.41, 5.74) is 7.70. The van der Waals surface area contributed by atoms with Crippen molar-refractivity contribution in [3.05, 3.63) is 28.8 Å². The molecule has 4 atom stereocenters. The Morgan fingerprint density at radius 1 is 1.35 bits per heavy atom. The van der Waals surface area contributed by atoms with Gasteiger partial charge < -0.3 is 16.0 Å². The van der Waals surface area contributed by atoms with Gasteiger partial charge in [0.2, 0.25) is 11.8 Å². The molecule has 2 fully saturated rings. The maximum atomic E-state index is 13.1. The predicted octanol–water partition coefficient (Wildman–Crippen LogP) is 1.89. The van der Waals surface area contributed by atoms with Gasteiger partial charge in [0.25, 0.3) is 0 Å². The number of hydrogen-bond acceptors (Lipinski definition) is 6. The summed E-state index contributed by atoms with van der Waals surface area (Å²) in [5.74, 6) is 0.581. The number of nitrogens with one attached hydrogen (secondary N) is 2. The van der Waals surface area contributed by atoms with E-state index in [9.17, 15) is 9.59 Å². The van der Waals surface area contributed by atoms with Crippen LogP contribution in [0.5, 0.6) is 0 Å². The molecule has 31 heavy (non-hydrogen) atoms. The van der Waals surface area contributed by atoms with E-state index in [-0.39, 0.29) is 29.8 Å². The molecule has 0 unspecified atom stereocenters. The summed E-state index contributed by atoms with van der Waals surface area (Å²) in [7, 11) is 0. The molecular formula is C21H28ClN7O2. The van der Waals surface area contributed by atoms with Crippen molar-refractivity contribution in [1.82, 2.24) is 30.8 Å². The van der Waals surface area contributed by atoms with Gasteiger partial charge in [-0.15, -0.1) is 5.10 Å². The van der Waals surface area contributed by atoms with Crippen LogP contribution < -0.4 is 11.1 Å². The number of H-pyrrole nitrogens is 1. The minimum atomic E-state index is -0.604. The average molecular weight is 446 g/mol. The molecule has 0 spiro atoms. The monoisotopic (exact) mass is 445 g/mol. The van der Waals surface area contributed by atoms with Gasteiger partial charge in [-0.25, -0.2) is 5.10 Å². The highest BCUT2D eigenvalue weighted by molar-refractivity contribution is 6.30. The van der Waals surface area contributed by atoms with Gasteiger partial charge in [0, 0.05) is 23.2 Å². The van der Waals surface area contributed by atoms with Crippen molar-refractivity contribution >= 4 is 23.4 Å². The van der Waals surface area contributed by atoms with Gasteiger partial charge in [-0.3, -0.25) is 9.59 Å². The Kier molecular flexibility index (Phi) is 5.74. The van der Waals surface area contributed by atoms with Crippen molar-refractivity contribution < 1.29 is 9.59 Å². The van der Waals surface area contributed by atoms with Crippen LogP contribution in [-0.2, 0) is 16.1 Å². The van der Waals surface area contributed by atoms with Crippen molar-refractivity contribution in [2.24, 2.45) is 17.1 Å². The number of aromatic amines is 1. The normalized spacial score (nSPS) is 23.4. The molecule has 9 nitrogen and oxygen atoms in total. The van der Waals surface area contributed by atoms with E-state index in [2.05, 4.69) is 46.7 Å². The van der Waals surface area contributed by atoms with E-state index < -0.39 is 12.1 Å². The number of nitrogens with two attached hydrogens (primary N) is 1. The minimum absolute atomic E-state index is 0.0615. The molecule has 1 saturated carbocycles. The van der Waals surface area contributed by atoms with Crippen LogP contribution in [0.3, 0.4) is 0 Å². The molecule has 4 N–H and O–H groups in total. The first-order valence-corrected chi connectivity index (χ1v) is 10.9. The highest BCUT2D eigenvalue weighted by Crippen LogP contribution is 2.48. The first-order chi connectivity index (χ1) is 14.6. The average Bonchev–Trinajstić information content (AvgIpc) is 3.10. The molecule has 1 aliphatic heterocycles. The summed E-state index contributed by atoms with van der Waals surface area (Å²) >= 11 is 6.16. The third-order valence-corrected chi connectivity index (χ3v) is 6.17. The number of nitrogens with zero attached hydrogens (tertiary/aromatic N) is 4. The molecule has 2 aliphatic rings. The molecule has 166 valence electrons. The number of rotatable bonds is 6. The summed E-state index contributed by atoms with van der Waals surface area (Å²) in [4.78, 5) is 27.9. The summed E-state index contributed by atoms with van der Waals surface area (Å²) in [6.07, 6.45) is 2.21. The third kappa shape index (κ3) is 4.72. The second-order valence-electron chi connectivity index (χ2n) is 9.70. The minimum Gasteiger partial charge on any atom is -0.350 e. The zero-order valence-electron chi connectivity index (χ0n) is 17.9. The quantitative estimate of drug-likeness (QED) is 0.622. The van der Waals surface area contributed by atoms with E-state index in [4.69, 9.17) is 17.3 Å². The first kappa shape index (κ1) is 21.7. The molecule has 1 saturated heterocycles. The number of benzene rings is 1. The lowest BCUT2D eigenvalue weighted by Crippen LogP contribution is -2.53. The highest BCUT2D eigenvalue weighted by Gasteiger charge is 2.56. The fraction of sp³-hybridized carbons (Fsp3) is 0.571. The second kappa shape index (κ2) is 8.20. The summed E-state index contributed by atoms with van der Waals surface area (Å²) in [5, 5.41) is 17.4. The Balaban J connectivity index is 1.46. The highest BCUT2D eigenvalue weighted by atomic mass is 35.5. The second-order valence-corrected chi connectivity index (χ2v) is 10.1. The Hall–Kier alpha value is -2.52. The van der Waals surface area contributed by atoms with Gasteiger partial charge in [-0.05, 0) is 64.8 Å². The zero-order chi connectivity index (χ0) is 22.3. The van der Waals surface area contributed by atoms with Crippen molar-refractivity contribution in [3.8, 4) is 11.4 Å². The summed E-state index contributed by atoms with van der Waals surface area (Å²) in [6, 6.07) is 4.36. The maximum absolute atomic E-state index is 13.1. The SMILES string of the molecule is CC(C)(C)C[C@@H](N)C(=O)N1[C@H](C(=O)NCc2cc(Cl)ccc2-c2nnn[nH]2)C[C@@H]2C[C@@H]21. The van der Waals surface area contributed by atoms with Gasteiger partial charge >= 0.3 is 0 Å². The number of halogens is 1. The van der Waals surface area contributed by atoms with Crippen LogP contribution in [0.1, 0.15) is 45.6 Å². The number of aromatic nitrogens is 4. The number of amides is 2. The fourth-order valence-electron chi connectivity index (χ4n) is 4.46. The van der Waals surface area contributed by atoms with Gasteiger partial charge in [0.1, 0.15) is 6.04 Å². The van der Waals surface area contributed by atoms with Crippen molar-refractivity contribution in [3.63, 3.8) is 0 Å². The standard InChI is InChI=1S/C21H28ClN7O2/c1-21(2,3)9-15(23)20(31)29-16-7-11(16)8-17(29)19(30)24-10-12-6-13(22)4-5-14(12)18-25-27-28-26-18/h4-6,11,15-17H,7-10,23H2,1-3H3,(H,24,30)(H,25,26,27,28)/t11-,15+,16-,17-/m0/s1. The topological polar surface area (TPSA) is 130 Å². The summed E-state index contributed by atoms with van der Waals surface area (Å²) < 4.78 is 0. The molecule has 2 heterocycles. The smallest absolute Gasteiger partial charge is 0.243 e. The lowest BCUT2D eigenvalue weighted by molar-refractivity contribution is -0.141. The van der Waals surface area contributed by atoms with Crippen molar-refractivity contribution in [2.75, 3.05) is 0 Å². The largest absolute Gasteiger partial charge is 0.350 e. The Morgan fingerprint density at radius 2 is 2.13 bits per heavy atom. The molecule has 1 aromatic carbocycles. The van der Waals surface area contributed by atoms with E-state index in [1.807, 2.05) is 0 Å². The van der Waals surface area contributed by atoms with Gasteiger partial charge in [0.05, 0.1) is 6.04 Å². The van der Waals surface area contributed by atoms with Crippen LogP contribution >= 0.6 is 11.6 Å². The lowest BCUT2D eigenvalue weighted by Gasteiger charge is -2.31. The van der Waals surface area contributed by atoms with Gasteiger partial charge in [-0.1, -0.05) is 32.4 Å². The Bertz CT molecular complexity index is 973. The van der Waals surface area contributed by atoms with E-state index in [1.54, 1.807) is 23.1 Å². The van der Waals surface area contributed by atoms with Crippen molar-refractivity contribution in [1.29, 1.82) is 0 Å². The number of carbonyl (C=O) groups is 2. The predicted molar refractivity (Wildman–Crippen MR) is 116 cm³/mol. The van der Waals surface area contributed by atoms with Crippen LogP contribution in [0.25, 0.3) is 11.4 Å². The number of piperidine rings is 1. The van der Waals surface area contributed by atoms with Crippen molar-refractivity contribution in [2.45, 2.75) is 64.7 Å². The molecule has 1 aliphatic carbocycles. The molecule has 2 aromatic rings. The first-order valence-electron chi connectivity index (χ1n) is 10.5. The molecule has 0 bridgehead atoms. The number of fused-ring (bicyclic) bond motifs is 1. The lowest BCUT2D eigenvalue weighted by atomic mass is 9.88. The zero-order valence-corrected chi connectivity index (χ0v) is 18.7. The van der Waals surface area contributed by atoms with Crippen LogP contribution in [0, 0.1) is 11.3 Å². The molecular weight excluding hydrogens is 418 g/mol. The third-order valence-electron chi connectivity index (χ3n) is 5.93. The van der Waals surface area contributed by atoms with E-state index in [0.29, 0.717) is 29.6 Å². The molecule has 10 heteroatoms. The van der Waals surface area contributed by atoms with E-state index in [1.165, 1.54) is 0 Å². The Labute approximate surface area is 186 Å². The summed E-state index contributed by atoms with van der Waals surface area (Å²) in [6.45, 7) is 6.42. The number of likely N-dealkylation sites (tertiary alicyclic amines) is 1. The Morgan fingerprint density at radius 3 is 2.81 bits per heavy atom. The fourth-order valence-corrected chi connectivity index (χ4v) is 4.65. The van der Waals surface area contributed by atoms with Crippen LogP contribution in [0.4, 0.5) is 0 Å². The maximum Gasteiger partial charge on any atom is 0.243 e. The van der Waals surface area contributed by atoms with Crippen LogP contribution in [-0.4, -0.2) is 55.5 Å². The number of hydrogen-bond donors (Lipinski definition) is 3. The molecule has 4 rings (SSSR count). The van der Waals surface area contributed by atoms with Gasteiger partial charge in [-0.2, -0.15) is 0 Å². The van der Waals surface area contributed by atoms with Crippen LogP contribution in [0.2, 0.25) is 5.02 Å². The van der Waals surface area contributed by atoms with E-state index in [0.717, 1.165) is 17.5 Å². The number of carbonyl (C=O) groups excluding carboxylic acids is 2. The van der Waals surface area contributed by atoms with E-state index >= 15 is 0 Å². The van der Waals surface area contributed by atoms with Gasteiger partial charge in [0.15, 0.2) is 5.82 Å². The number of tetrazole rings is 1. The molecule has 0 radical (unpaired) electrons. The van der Waals surface area contributed by atoms with Crippen LogP contribution in [0.15, 0.2) is 18.2 Å².